The molecule has 0 aliphatic heterocycles. The van der Waals surface area contributed by atoms with Crippen LogP contribution in [0, 0.1) is 0 Å². The van der Waals surface area contributed by atoms with E-state index in [0.717, 1.165) is 31.4 Å². The molecule has 20 heavy (non-hydrogen) atoms. The normalized spacial score (nSPS) is 15.1. The Balaban J connectivity index is 1.88. The van der Waals surface area contributed by atoms with E-state index in [-0.39, 0.29) is 11.4 Å². The molecule has 0 bridgehead atoms. The van der Waals surface area contributed by atoms with Crippen LogP contribution in [0.1, 0.15) is 28.3 Å². The van der Waals surface area contributed by atoms with Crippen molar-refractivity contribution in [1.29, 1.82) is 0 Å². The number of rotatable bonds is 4. The smallest absolute Gasteiger partial charge is 0.264 e. The highest BCUT2D eigenvalue weighted by Gasteiger charge is 2.22. The minimum absolute atomic E-state index is 0.224. The first-order chi connectivity index (χ1) is 9.60. The predicted octanol–water partition coefficient (Wildman–Crippen LogP) is 2.34. The van der Waals surface area contributed by atoms with E-state index in [2.05, 4.69) is 9.71 Å². The Bertz CT molecular complexity index is 695. The van der Waals surface area contributed by atoms with Gasteiger partial charge in [-0.15, -0.1) is 22.7 Å². The summed E-state index contributed by atoms with van der Waals surface area (Å²) in [7, 11) is -3.58. The van der Waals surface area contributed by atoms with Crippen molar-refractivity contribution in [2.24, 2.45) is 5.73 Å². The average molecular weight is 329 g/mol. The molecule has 108 valence electrons. The Morgan fingerprint density at radius 2 is 2.15 bits per heavy atom. The van der Waals surface area contributed by atoms with E-state index in [1.54, 1.807) is 11.4 Å². The molecule has 8 heteroatoms. The van der Waals surface area contributed by atoms with Gasteiger partial charge in [-0.2, -0.15) is 0 Å². The summed E-state index contributed by atoms with van der Waals surface area (Å²) >= 11 is 2.80. The fourth-order valence-corrected chi connectivity index (χ4v) is 5.90. The summed E-state index contributed by atoms with van der Waals surface area (Å²) in [5.74, 6) is 0. The first kappa shape index (κ1) is 14.0. The first-order valence-electron chi connectivity index (χ1n) is 6.38. The third-order valence-corrected chi connectivity index (χ3v) is 6.94. The standard InChI is InChI=1S/C12H15N3O2S3/c13-7-10-11(5-6-18-10)20(16,17)15-12-14-8-3-1-2-4-9(8)19-12/h5-6H,1-4,7,13H2,(H,14,15). The Kier molecular flexibility index (Phi) is 3.80. The van der Waals surface area contributed by atoms with Crippen LogP contribution >= 0.6 is 22.7 Å². The quantitative estimate of drug-likeness (QED) is 0.901. The number of hydrogen-bond acceptors (Lipinski definition) is 6. The van der Waals surface area contributed by atoms with Gasteiger partial charge in [0.05, 0.1) is 5.69 Å². The lowest BCUT2D eigenvalue weighted by Gasteiger charge is -2.06. The van der Waals surface area contributed by atoms with E-state index in [1.807, 2.05) is 0 Å². The maximum atomic E-state index is 12.4. The number of thiazole rings is 1. The van der Waals surface area contributed by atoms with Crippen LogP contribution in [0.5, 0.6) is 0 Å². The van der Waals surface area contributed by atoms with E-state index in [4.69, 9.17) is 5.73 Å². The molecule has 0 amide bonds. The van der Waals surface area contributed by atoms with Gasteiger partial charge in [0.25, 0.3) is 10.0 Å². The van der Waals surface area contributed by atoms with Crippen molar-refractivity contribution in [3.05, 3.63) is 26.9 Å². The molecule has 0 saturated carbocycles. The van der Waals surface area contributed by atoms with Gasteiger partial charge in [-0.1, -0.05) is 0 Å². The Labute approximate surface area is 125 Å². The number of nitrogens with two attached hydrogens (primary N) is 1. The summed E-state index contributed by atoms with van der Waals surface area (Å²) in [4.78, 5) is 6.54. The zero-order valence-corrected chi connectivity index (χ0v) is 13.2. The van der Waals surface area contributed by atoms with Crippen LogP contribution in [0.15, 0.2) is 16.3 Å². The number of nitrogens with one attached hydrogen (secondary N) is 1. The number of sulfonamides is 1. The van der Waals surface area contributed by atoms with Gasteiger partial charge in [0.2, 0.25) is 0 Å². The first-order valence-corrected chi connectivity index (χ1v) is 9.56. The van der Waals surface area contributed by atoms with Crippen molar-refractivity contribution in [3.63, 3.8) is 0 Å². The molecule has 0 radical (unpaired) electrons. The molecule has 1 aliphatic rings. The molecule has 2 aromatic rings. The Hall–Kier alpha value is -0.960. The second-order valence-electron chi connectivity index (χ2n) is 4.61. The molecule has 0 saturated heterocycles. The van der Waals surface area contributed by atoms with Gasteiger partial charge in [-0.05, 0) is 37.1 Å². The monoisotopic (exact) mass is 329 g/mol. The zero-order chi connectivity index (χ0) is 14.2. The molecule has 5 nitrogen and oxygen atoms in total. The molecule has 1 aliphatic carbocycles. The van der Waals surface area contributed by atoms with Gasteiger partial charge in [0.15, 0.2) is 5.13 Å². The summed E-state index contributed by atoms with van der Waals surface area (Å²) in [5, 5.41) is 2.20. The second kappa shape index (κ2) is 5.44. The van der Waals surface area contributed by atoms with Gasteiger partial charge in [0, 0.05) is 16.3 Å². The minimum Gasteiger partial charge on any atom is -0.326 e. The average Bonchev–Trinajstić information content (AvgIpc) is 3.03. The fourth-order valence-electron chi connectivity index (χ4n) is 2.28. The topological polar surface area (TPSA) is 85.1 Å². The highest BCUT2D eigenvalue weighted by molar-refractivity contribution is 7.93. The molecular formula is C12H15N3O2S3. The summed E-state index contributed by atoms with van der Waals surface area (Å²) in [5.41, 5.74) is 6.61. The highest BCUT2D eigenvalue weighted by Crippen LogP contribution is 2.31. The molecule has 0 unspecified atom stereocenters. The van der Waals surface area contributed by atoms with Crippen LogP contribution in [-0.2, 0) is 29.4 Å². The number of anilines is 1. The van der Waals surface area contributed by atoms with Crippen LogP contribution in [-0.4, -0.2) is 13.4 Å². The summed E-state index contributed by atoms with van der Waals surface area (Å²) < 4.78 is 27.3. The maximum absolute atomic E-state index is 12.4. The van der Waals surface area contributed by atoms with Gasteiger partial charge < -0.3 is 5.73 Å². The second-order valence-corrected chi connectivity index (χ2v) is 8.35. The Morgan fingerprint density at radius 1 is 1.35 bits per heavy atom. The lowest BCUT2D eigenvalue weighted by Crippen LogP contribution is -2.14. The fraction of sp³-hybridized carbons (Fsp3) is 0.417. The third-order valence-electron chi connectivity index (χ3n) is 3.25. The van der Waals surface area contributed by atoms with Gasteiger partial charge in [-0.3, -0.25) is 4.72 Å². The molecule has 3 rings (SSSR count). The van der Waals surface area contributed by atoms with E-state index in [1.165, 1.54) is 27.6 Å². The van der Waals surface area contributed by atoms with Crippen LogP contribution in [0.3, 0.4) is 0 Å². The molecule has 0 spiro atoms. The number of aryl methyl sites for hydroxylation is 2. The van der Waals surface area contributed by atoms with Crippen LogP contribution in [0.25, 0.3) is 0 Å². The largest absolute Gasteiger partial charge is 0.326 e. The van der Waals surface area contributed by atoms with E-state index in [0.29, 0.717) is 10.0 Å². The SMILES string of the molecule is NCc1sccc1S(=O)(=O)Nc1nc2c(s1)CCCC2. The van der Waals surface area contributed by atoms with Crippen LogP contribution in [0.2, 0.25) is 0 Å². The Morgan fingerprint density at radius 3 is 2.90 bits per heavy atom. The van der Waals surface area contributed by atoms with Crippen molar-refractivity contribution in [2.75, 3.05) is 4.72 Å². The van der Waals surface area contributed by atoms with Crippen molar-refractivity contribution in [1.82, 2.24) is 4.98 Å². The number of nitrogens with zero attached hydrogens (tertiary/aromatic N) is 1. The predicted molar refractivity (Wildman–Crippen MR) is 81.8 cm³/mol. The molecule has 0 aromatic carbocycles. The number of fused-ring (bicyclic) bond motifs is 1. The number of thiophene rings is 1. The van der Waals surface area contributed by atoms with Crippen molar-refractivity contribution >= 4 is 37.8 Å². The lowest BCUT2D eigenvalue weighted by atomic mass is 10.0. The van der Waals surface area contributed by atoms with E-state index >= 15 is 0 Å². The number of hydrogen-bond donors (Lipinski definition) is 2. The molecular weight excluding hydrogens is 314 g/mol. The summed E-state index contributed by atoms with van der Waals surface area (Å²) in [6.07, 6.45) is 4.23. The molecule has 2 heterocycles. The summed E-state index contributed by atoms with van der Waals surface area (Å²) in [6, 6.07) is 1.59. The third kappa shape index (κ3) is 2.60. The van der Waals surface area contributed by atoms with Crippen molar-refractivity contribution < 1.29 is 8.42 Å². The molecule has 0 atom stereocenters. The lowest BCUT2D eigenvalue weighted by molar-refractivity contribution is 0.600. The molecule has 2 aromatic heterocycles. The zero-order valence-electron chi connectivity index (χ0n) is 10.8. The van der Waals surface area contributed by atoms with Crippen LogP contribution < -0.4 is 10.5 Å². The van der Waals surface area contributed by atoms with E-state index in [9.17, 15) is 8.42 Å². The van der Waals surface area contributed by atoms with E-state index < -0.39 is 10.0 Å². The molecule has 0 fully saturated rings. The maximum Gasteiger partial charge on any atom is 0.264 e. The van der Waals surface area contributed by atoms with Crippen LogP contribution in [0.4, 0.5) is 5.13 Å². The van der Waals surface area contributed by atoms with Gasteiger partial charge in [-0.25, -0.2) is 13.4 Å². The summed E-state index contributed by atoms with van der Waals surface area (Å²) in [6.45, 7) is 0.224. The molecule has 3 N–H and O–H groups in total. The van der Waals surface area contributed by atoms with Crippen molar-refractivity contribution in [3.8, 4) is 0 Å². The van der Waals surface area contributed by atoms with Crippen molar-refractivity contribution in [2.45, 2.75) is 37.1 Å². The number of aromatic nitrogens is 1. The minimum atomic E-state index is -3.58. The highest BCUT2D eigenvalue weighted by atomic mass is 32.2. The van der Waals surface area contributed by atoms with Gasteiger partial charge in [0.1, 0.15) is 4.90 Å². The van der Waals surface area contributed by atoms with Gasteiger partial charge >= 0.3 is 0 Å².